The smallest absolute Gasteiger partial charge is 0.410 e. The molecule has 0 N–H and O–H groups in total. The zero-order valence-corrected chi connectivity index (χ0v) is 12.9. The zero-order chi connectivity index (χ0) is 15.3. The quantitative estimate of drug-likeness (QED) is 0.577. The first-order chi connectivity index (χ1) is 9.24. The highest BCUT2D eigenvalue weighted by molar-refractivity contribution is 5.76. The molecule has 1 amide bonds. The average Bonchev–Trinajstić information content (AvgIpc) is 2.49. The maximum absolute atomic E-state index is 12.0. The van der Waals surface area contributed by atoms with Gasteiger partial charge in [0.2, 0.25) is 0 Å². The second-order valence-corrected chi connectivity index (χ2v) is 5.97. The highest BCUT2D eigenvalue weighted by atomic mass is 16.6. The Labute approximate surface area is 120 Å². The summed E-state index contributed by atoms with van der Waals surface area (Å²) in [5.74, 6) is -0.564. The molecule has 1 aliphatic rings. The van der Waals surface area contributed by atoms with Crippen molar-refractivity contribution in [3.8, 4) is 0 Å². The Morgan fingerprint density at radius 1 is 1.35 bits per heavy atom. The van der Waals surface area contributed by atoms with Crippen molar-refractivity contribution < 1.29 is 19.1 Å². The van der Waals surface area contributed by atoms with Crippen LogP contribution in [0.3, 0.4) is 0 Å². The van der Waals surface area contributed by atoms with Gasteiger partial charge in [-0.25, -0.2) is 4.79 Å². The van der Waals surface area contributed by atoms with Gasteiger partial charge in [0.05, 0.1) is 12.5 Å². The second-order valence-electron chi connectivity index (χ2n) is 5.97. The highest BCUT2D eigenvalue weighted by Gasteiger charge is 2.30. The van der Waals surface area contributed by atoms with Crippen LogP contribution >= 0.6 is 0 Å². The maximum Gasteiger partial charge on any atom is 0.410 e. The summed E-state index contributed by atoms with van der Waals surface area (Å²) < 4.78 is 10.4. The molecule has 5 nitrogen and oxygen atoms in total. The van der Waals surface area contributed by atoms with Gasteiger partial charge in [0.1, 0.15) is 5.60 Å². The summed E-state index contributed by atoms with van der Waals surface area (Å²) in [6.45, 7) is 12.6. The number of esters is 1. The molecule has 1 fully saturated rings. The lowest BCUT2D eigenvalue weighted by Gasteiger charge is -2.26. The summed E-state index contributed by atoms with van der Waals surface area (Å²) >= 11 is 0. The molecule has 114 valence electrons. The third-order valence-corrected chi connectivity index (χ3v) is 3.11. The molecule has 1 rings (SSSR count). The van der Waals surface area contributed by atoms with Crippen molar-refractivity contribution in [3.63, 3.8) is 0 Å². The van der Waals surface area contributed by atoms with E-state index in [9.17, 15) is 9.59 Å². The molecule has 1 heterocycles. The summed E-state index contributed by atoms with van der Waals surface area (Å²) in [5, 5.41) is 0. The largest absolute Gasteiger partial charge is 0.466 e. The minimum atomic E-state index is -0.513. The maximum atomic E-state index is 12.0. The molecule has 0 aromatic rings. The minimum absolute atomic E-state index is 0.247. The molecule has 1 saturated heterocycles. The van der Waals surface area contributed by atoms with Crippen LogP contribution in [-0.2, 0) is 14.3 Å². The second kappa shape index (κ2) is 6.77. The van der Waals surface area contributed by atoms with Crippen molar-refractivity contribution in [2.45, 2.75) is 46.1 Å². The molecule has 1 unspecified atom stereocenters. The molecular formula is C15H25NO4. The fourth-order valence-corrected chi connectivity index (χ4v) is 2.09. The van der Waals surface area contributed by atoms with E-state index in [1.807, 2.05) is 20.8 Å². The first-order valence-corrected chi connectivity index (χ1v) is 7.07. The Morgan fingerprint density at radius 3 is 2.55 bits per heavy atom. The number of ether oxygens (including phenoxy) is 2. The lowest BCUT2D eigenvalue weighted by atomic mass is 9.96. The third kappa shape index (κ3) is 4.87. The number of hydrogen-bond acceptors (Lipinski definition) is 4. The van der Waals surface area contributed by atoms with Crippen LogP contribution in [-0.4, -0.2) is 42.3 Å². The van der Waals surface area contributed by atoms with E-state index in [-0.39, 0.29) is 18.0 Å². The molecule has 0 aromatic heterocycles. The Bertz CT molecular complexity index is 384. The predicted octanol–water partition coefficient (Wildman–Crippen LogP) is 2.75. The fourth-order valence-electron chi connectivity index (χ4n) is 2.09. The van der Waals surface area contributed by atoms with Gasteiger partial charge >= 0.3 is 12.1 Å². The number of rotatable bonds is 2. The number of likely N-dealkylation sites (tertiary alicyclic amines) is 1. The van der Waals surface area contributed by atoms with E-state index >= 15 is 0 Å². The van der Waals surface area contributed by atoms with E-state index < -0.39 is 5.60 Å². The van der Waals surface area contributed by atoms with Gasteiger partial charge in [0.25, 0.3) is 0 Å². The van der Waals surface area contributed by atoms with Crippen LogP contribution in [0.4, 0.5) is 4.79 Å². The topological polar surface area (TPSA) is 55.8 Å². The Morgan fingerprint density at radius 2 is 2.00 bits per heavy atom. The fraction of sp³-hybridized carbons (Fsp3) is 0.733. The minimum Gasteiger partial charge on any atom is -0.466 e. The molecule has 0 spiro atoms. The SMILES string of the molecule is C=C1CCN(C(=O)OC(C)(C)C)CCC1C(=O)OCC. The van der Waals surface area contributed by atoms with Crippen LogP contribution in [0.1, 0.15) is 40.5 Å². The first kappa shape index (κ1) is 16.5. The van der Waals surface area contributed by atoms with Crippen molar-refractivity contribution in [3.05, 3.63) is 12.2 Å². The van der Waals surface area contributed by atoms with Crippen molar-refractivity contribution in [2.24, 2.45) is 5.92 Å². The van der Waals surface area contributed by atoms with Crippen LogP contribution in [0.25, 0.3) is 0 Å². The van der Waals surface area contributed by atoms with Crippen LogP contribution in [0.2, 0.25) is 0 Å². The number of hydrogen-bond donors (Lipinski definition) is 0. The lowest BCUT2D eigenvalue weighted by Crippen LogP contribution is -2.37. The average molecular weight is 283 g/mol. The summed E-state index contributed by atoms with van der Waals surface area (Å²) in [7, 11) is 0. The van der Waals surface area contributed by atoms with Crippen LogP contribution in [0, 0.1) is 5.92 Å². The van der Waals surface area contributed by atoms with Crippen LogP contribution < -0.4 is 0 Å². The van der Waals surface area contributed by atoms with Gasteiger partial charge in [0.15, 0.2) is 0 Å². The summed E-state index contributed by atoms with van der Waals surface area (Å²) in [6, 6.07) is 0. The van der Waals surface area contributed by atoms with Crippen molar-refractivity contribution in [2.75, 3.05) is 19.7 Å². The van der Waals surface area contributed by atoms with Crippen molar-refractivity contribution in [1.29, 1.82) is 0 Å². The van der Waals surface area contributed by atoms with Gasteiger partial charge in [-0.1, -0.05) is 12.2 Å². The monoisotopic (exact) mass is 283 g/mol. The molecular weight excluding hydrogens is 258 g/mol. The van der Waals surface area contributed by atoms with E-state index in [1.54, 1.807) is 11.8 Å². The number of carbonyl (C=O) groups excluding carboxylic acids is 2. The molecule has 0 aliphatic carbocycles. The standard InChI is InChI=1S/C15H25NO4/c1-6-19-13(17)12-8-10-16(9-7-11(12)2)14(18)20-15(3,4)5/h12H,2,6-10H2,1,3-5H3. The molecule has 0 saturated carbocycles. The lowest BCUT2D eigenvalue weighted by molar-refractivity contribution is -0.146. The summed E-state index contributed by atoms with van der Waals surface area (Å²) in [6.07, 6.45) is 0.800. The van der Waals surface area contributed by atoms with Crippen molar-refractivity contribution >= 4 is 12.1 Å². The van der Waals surface area contributed by atoms with Crippen LogP contribution in [0.5, 0.6) is 0 Å². The Hall–Kier alpha value is -1.52. The molecule has 1 aliphatic heterocycles. The Balaban J connectivity index is 2.64. The number of carbonyl (C=O) groups is 2. The van der Waals surface area contributed by atoms with Gasteiger partial charge in [-0.15, -0.1) is 0 Å². The molecule has 0 aromatic carbocycles. The molecule has 20 heavy (non-hydrogen) atoms. The summed E-state index contributed by atoms with van der Waals surface area (Å²) in [4.78, 5) is 25.5. The van der Waals surface area contributed by atoms with Gasteiger partial charge in [-0.3, -0.25) is 4.79 Å². The number of nitrogens with zero attached hydrogens (tertiary/aromatic N) is 1. The van der Waals surface area contributed by atoms with E-state index in [1.165, 1.54) is 0 Å². The van der Waals surface area contributed by atoms with Crippen molar-refractivity contribution in [1.82, 2.24) is 4.90 Å². The normalized spacial score (nSPS) is 20.3. The Kier molecular flexibility index (Phi) is 5.60. The van der Waals surface area contributed by atoms with Gasteiger partial charge in [-0.2, -0.15) is 0 Å². The highest BCUT2D eigenvalue weighted by Crippen LogP contribution is 2.24. The molecule has 5 heteroatoms. The first-order valence-electron chi connectivity index (χ1n) is 7.07. The van der Waals surface area contributed by atoms with Gasteiger partial charge in [0, 0.05) is 13.1 Å². The van der Waals surface area contributed by atoms with E-state index in [2.05, 4.69) is 6.58 Å². The van der Waals surface area contributed by atoms with E-state index in [0.717, 1.165) is 5.57 Å². The number of amides is 1. The van der Waals surface area contributed by atoms with Crippen LogP contribution in [0.15, 0.2) is 12.2 Å². The van der Waals surface area contributed by atoms with E-state index in [4.69, 9.17) is 9.47 Å². The molecule has 1 atom stereocenters. The van der Waals surface area contributed by atoms with Gasteiger partial charge < -0.3 is 14.4 Å². The predicted molar refractivity (Wildman–Crippen MR) is 76.3 cm³/mol. The summed E-state index contributed by atoms with van der Waals surface area (Å²) in [5.41, 5.74) is 0.315. The third-order valence-electron chi connectivity index (χ3n) is 3.11. The molecule has 0 radical (unpaired) electrons. The zero-order valence-electron chi connectivity index (χ0n) is 12.9. The van der Waals surface area contributed by atoms with Gasteiger partial charge in [-0.05, 0) is 40.5 Å². The van der Waals surface area contributed by atoms with E-state index in [0.29, 0.717) is 32.5 Å². The molecule has 0 bridgehead atoms.